The minimum atomic E-state index is -0.763. The Balaban J connectivity index is 0.654. The summed E-state index contributed by atoms with van der Waals surface area (Å²) in [5.41, 5.74) is 5.18. The van der Waals surface area contributed by atoms with Crippen LogP contribution in [0.25, 0.3) is 0 Å². The molecule has 5 aliphatic rings. The first-order chi connectivity index (χ1) is 31.3. The number of hydrogen-bond donors (Lipinski definition) is 2. The van der Waals surface area contributed by atoms with Crippen molar-refractivity contribution in [3.8, 4) is 0 Å². The third-order valence-electron chi connectivity index (χ3n) is 13.7. The highest BCUT2D eigenvalue weighted by Gasteiger charge is 2.41. The second-order valence-electron chi connectivity index (χ2n) is 17.7. The maximum atomic E-state index is 14.0. The number of thioether (sulfide) groups is 1. The first-order valence-electron chi connectivity index (χ1n) is 23.1. The van der Waals surface area contributed by atoms with Crippen LogP contribution in [-0.4, -0.2) is 118 Å². The lowest BCUT2D eigenvalue weighted by Crippen LogP contribution is -2.53. The van der Waals surface area contributed by atoms with Gasteiger partial charge in [0.15, 0.2) is 5.13 Å². The molecule has 0 spiro atoms. The summed E-state index contributed by atoms with van der Waals surface area (Å²) in [6.45, 7) is 8.42. The van der Waals surface area contributed by atoms with Crippen molar-refractivity contribution >= 4 is 63.5 Å². The van der Waals surface area contributed by atoms with Crippen LogP contribution in [0.3, 0.4) is 0 Å². The number of nitrogens with zero attached hydrogens (tertiary/aromatic N) is 6. The van der Waals surface area contributed by atoms with Crippen molar-refractivity contribution in [3.05, 3.63) is 106 Å². The molecule has 336 valence electrons. The molecule has 3 aromatic carbocycles. The molecule has 3 fully saturated rings. The van der Waals surface area contributed by atoms with E-state index in [2.05, 4.69) is 48.5 Å². The number of aromatic nitrogens is 1. The summed E-state index contributed by atoms with van der Waals surface area (Å²) in [6.07, 6.45) is 11.9. The van der Waals surface area contributed by atoms with Crippen LogP contribution >= 0.6 is 23.1 Å². The van der Waals surface area contributed by atoms with Crippen LogP contribution in [0.2, 0.25) is 0 Å². The van der Waals surface area contributed by atoms with E-state index in [1.807, 2.05) is 65.7 Å². The summed E-state index contributed by atoms with van der Waals surface area (Å²) in [7, 11) is 0. The van der Waals surface area contributed by atoms with Gasteiger partial charge in [0.05, 0.1) is 0 Å². The van der Waals surface area contributed by atoms with Gasteiger partial charge in [-0.2, -0.15) is 0 Å². The molecule has 9 rings (SSSR count). The average molecular weight is 903 g/mol. The standard InChI is InChI=1S/C49H58N8O5S2/c58-43-18-17-41(45(59)51-43)56-33-40-38(47(56)61)13-10-14-42(40)63-29-9-4-2-1-3-8-22-53-25-27-55(28-26-53)36-19-23-54(24-20-36)37-16-15-35-32-57(48(62)39(35)31-37)44(34-11-6-5-7-12-34)46(60)52-49-50-21-30-64-49/h5-7,10-16,21,30-31,36,41,44H,1-4,8-9,17-20,22-29,32-33H2,(H,50,52,60)(H,51,58,59). The minimum Gasteiger partial charge on any atom is -0.371 e. The maximum Gasteiger partial charge on any atom is 0.255 e. The number of unbranched alkanes of at least 4 members (excludes halogenated alkanes) is 5. The number of carbonyl (C=O) groups is 5. The van der Waals surface area contributed by atoms with Crippen LogP contribution < -0.4 is 15.5 Å². The lowest BCUT2D eigenvalue weighted by atomic mass is 10.0. The van der Waals surface area contributed by atoms with Gasteiger partial charge < -0.3 is 19.6 Å². The molecule has 4 aromatic rings. The number of amides is 5. The quantitative estimate of drug-likeness (QED) is 0.0650. The fraction of sp³-hybridized carbons (Fsp3) is 0.469. The summed E-state index contributed by atoms with van der Waals surface area (Å²) in [4.78, 5) is 81.3. The number of nitrogens with one attached hydrogen (secondary N) is 2. The topological polar surface area (TPSA) is 138 Å². The summed E-state index contributed by atoms with van der Waals surface area (Å²) < 4.78 is 0. The van der Waals surface area contributed by atoms with Gasteiger partial charge in [-0.15, -0.1) is 23.1 Å². The Morgan fingerprint density at radius 3 is 2.36 bits per heavy atom. The van der Waals surface area contributed by atoms with Crippen LogP contribution in [0.4, 0.5) is 10.8 Å². The summed E-state index contributed by atoms with van der Waals surface area (Å²) in [6, 6.07) is 20.9. The third kappa shape index (κ3) is 9.92. The van der Waals surface area contributed by atoms with E-state index in [-0.39, 0.29) is 36.0 Å². The Hall–Kier alpha value is -5.09. The number of carbonyl (C=O) groups excluding carboxylic acids is 5. The summed E-state index contributed by atoms with van der Waals surface area (Å²) >= 11 is 3.17. The Morgan fingerprint density at radius 2 is 1.59 bits per heavy atom. The summed E-state index contributed by atoms with van der Waals surface area (Å²) in [5, 5.41) is 7.64. The number of benzene rings is 3. The number of rotatable bonds is 17. The van der Waals surface area contributed by atoms with Crippen LogP contribution in [0, 0.1) is 0 Å². The fourth-order valence-electron chi connectivity index (χ4n) is 10.1. The Bertz CT molecular complexity index is 2310. The molecule has 15 heteroatoms. The first kappa shape index (κ1) is 44.1. The molecule has 2 atom stereocenters. The molecule has 5 aliphatic heterocycles. The van der Waals surface area contributed by atoms with E-state index in [0.717, 1.165) is 91.6 Å². The molecule has 0 aliphatic carbocycles. The second kappa shape index (κ2) is 20.4. The molecule has 13 nitrogen and oxygen atoms in total. The van der Waals surface area contributed by atoms with E-state index >= 15 is 0 Å². The maximum absolute atomic E-state index is 14.0. The molecule has 0 saturated carbocycles. The molecule has 0 radical (unpaired) electrons. The minimum absolute atomic E-state index is 0.112. The van der Waals surface area contributed by atoms with E-state index in [1.54, 1.807) is 16.0 Å². The van der Waals surface area contributed by atoms with Crippen LogP contribution in [0.1, 0.15) is 108 Å². The third-order valence-corrected chi connectivity index (χ3v) is 15.6. The zero-order valence-corrected chi connectivity index (χ0v) is 38.1. The molecule has 2 N–H and O–H groups in total. The van der Waals surface area contributed by atoms with E-state index in [9.17, 15) is 24.0 Å². The Labute approximate surface area is 383 Å². The van der Waals surface area contributed by atoms with Crippen LogP contribution in [0.5, 0.6) is 0 Å². The number of fused-ring (bicyclic) bond motifs is 2. The lowest BCUT2D eigenvalue weighted by Gasteiger charge is -2.43. The monoisotopic (exact) mass is 902 g/mol. The highest BCUT2D eigenvalue weighted by molar-refractivity contribution is 7.99. The largest absolute Gasteiger partial charge is 0.371 e. The van der Waals surface area contributed by atoms with Gasteiger partial charge in [0.2, 0.25) is 11.8 Å². The number of thiazole rings is 1. The van der Waals surface area contributed by atoms with Gasteiger partial charge >= 0.3 is 0 Å². The SMILES string of the molecule is O=C1CCC(N2Cc3c(SCCCCCCCCN4CCN(C5CCN(c6ccc7c(c6)C(=O)N(C(C(=O)Nc6nccs6)c6ccccc6)C7)CC5)CC4)cccc3C2=O)C(=O)N1. The number of hydrogen-bond acceptors (Lipinski definition) is 11. The number of piperazine rings is 1. The zero-order valence-electron chi connectivity index (χ0n) is 36.4. The van der Waals surface area contributed by atoms with E-state index < -0.39 is 12.1 Å². The number of piperidine rings is 2. The predicted molar refractivity (Wildman–Crippen MR) is 250 cm³/mol. The average Bonchev–Trinajstić information content (AvgIpc) is 4.04. The number of anilines is 2. The van der Waals surface area contributed by atoms with Crippen molar-refractivity contribution in [2.24, 2.45) is 0 Å². The molecular weight excluding hydrogens is 845 g/mol. The van der Waals surface area contributed by atoms with Crippen molar-refractivity contribution in [2.45, 2.75) is 100 Å². The van der Waals surface area contributed by atoms with Crippen LogP contribution in [0.15, 0.2) is 83.2 Å². The molecule has 3 saturated heterocycles. The molecule has 5 amide bonds. The molecule has 2 unspecified atom stereocenters. The smallest absolute Gasteiger partial charge is 0.255 e. The molecule has 1 aromatic heterocycles. The molecule has 64 heavy (non-hydrogen) atoms. The summed E-state index contributed by atoms with van der Waals surface area (Å²) in [5.74, 6) is -0.119. The highest BCUT2D eigenvalue weighted by atomic mass is 32.2. The fourth-order valence-corrected chi connectivity index (χ4v) is 11.8. The van der Waals surface area contributed by atoms with Gasteiger partial charge in [-0.1, -0.05) is 68.1 Å². The van der Waals surface area contributed by atoms with Gasteiger partial charge in [-0.05, 0) is 85.4 Å². The first-order valence-corrected chi connectivity index (χ1v) is 25.0. The highest BCUT2D eigenvalue weighted by Crippen LogP contribution is 2.37. The van der Waals surface area contributed by atoms with Crippen molar-refractivity contribution in [1.29, 1.82) is 0 Å². The zero-order chi connectivity index (χ0) is 44.0. The van der Waals surface area contributed by atoms with Crippen molar-refractivity contribution in [1.82, 2.24) is 29.9 Å². The van der Waals surface area contributed by atoms with Gasteiger partial charge in [0.25, 0.3) is 17.7 Å². The Morgan fingerprint density at radius 1 is 0.812 bits per heavy atom. The van der Waals surface area contributed by atoms with Gasteiger partial charge in [-0.3, -0.25) is 39.5 Å². The van der Waals surface area contributed by atoms with Crippen molar-refractivity contribution < 1.29 is 24.0 Å². The van der Waals surface area contributed by atoms with E-state index in [1.165, 1.54) is 50.0 Å². The molecule has 0 bridgehead atoms. The van der Waals surface area contributed by atoms with Gasteiger partial charge in [0, 0.05) is 98.1 Å². The Kier molecular flexibility index (Phi) is 14.1. The van der Waals surface area contributed by atoms with Crippen molar-refractivity contribution in [2.75, 3.05) is 61.8 Å². The normalized spacial score (nSPS) is 20.1. The van der Waals surface area contributed by atoms with E-state index in [0.29, 0.717) is 41.8 Å². The lowest BCUT2D eigenvalue weighted by molar-refractivity contribution is -0.137. The van der Waals surface area contributed by atoms with Crippen molar-refractivity contribution in [3.63, 3.8) is 0 Å². The van der Waals surface area contributed by atoms with Gasteiger partial charge in [0.1, 0.15) is 12.1 Å². The second-order valence-corrected chi connectivity index (χ2v) is 19.7. The van der Waals surface area contributed by atoms with Gasteiger partial charge in [-0.25, -0.2) is 4.98 Å². The predicted octanol–water partition coefficient (Wildman–Crippen LogP) is 6.96. The molecule has 6 heterocycles. The van der Waals surface area contributed by atoms with E-state index in [4.69, 9.17) is 0 Å². The number of imide groups is 1. The molecular formula is C49H58N8O5S2. The van der Waals surface area contributed by atoms with Crippen LogP contribution in [-0.2, 0) is 27.5 Å².